The van der Waals surface area contributed by atoms with Gasteiger partial charge < -0.3 is 11.1 Å². The summed E-state index contributed by atoms with van der Waals surface area (Å²) < 4.78 is 1.40. The van der Waals surface area contributed by atoms with Gasteiger partial charge in [-0.2, -0.15) is 5.10 Å². The number of carbonyl (C=O) groups excluding carboxylic acids is 2. The van der Waals surface area contributed by atoms with Crippen molar-refractivity contribution in [3.05, 3.63) is 12.4 Å². The van der Waals surface area contributed by atoms with Crippen LogP contribution in [0.4, 0.5) is 5.69 Å². The minimum Gasteiger partial charge on any atom is -0.396 e. The third kappa shape index (κ3) is 2.89. The molecule has 3 N–H and O–H groups in total. The molecule has 1 aromatic heterocycles. The van der Waals surface area contributed by atoms with E-state index in [0.717, 1.165) is 0 Å². The number of nitrogen functional groups attached to an aromatic ring is 1. The Bertz CT molecular complexity index is 345. The Labute approximate surface area is 81.1 Å². The third-order valence-electron chi connectivity index (χ3n) is 1.63. The molecule has 0 aliphatic carbocycles. The Morgan fingerprint density at radius 1 is 1.64 bits per heavy atom. The van der Waals surface area contributed by atoms with Crippen LogP contribution in [-0.4, -0.2) is 28.5 Å². The Morgan fingerprint density at radius 3 is 2.86 bits per heavy atom. The molecule has 1 amide bonds. The zero-order chi connectivity index (χ0) is 10.6. The van der Waals surface area contributed by atoms with Gasteiger partial charge in [0.1, 0.15) is 6.54 Å². The van der Waals surface area contributed by atoms with E-state index in [4.69, 9.17) is 5.73 Å². The molecule has 0 fully saturated rings. The average Bonchev–Trinajstić information content (AvgIpc) is 2.50. The van der Waals surface area contributed by atoms with Gasteiger partial charge in [-0.1, -0.05) is 0 Å². The largest absolute Gasteiger partial charge is 0.396 e. The number of nitrogens with two attached hydrogens (primary N) is 1. The number of nitrogens with one attached hydrogen (secondary N) is 1. The molecule has 0 aliphatic heterocycles. The monoisotopic (exact) mass is 196 g/mol. The van der Waals surface area contributed by atoms with E-state index < -0.39 is 0 Å². The normalized spacial score (nSPS) is 9.79. The highest BCUT2D eigenvalue weighted by atomic mass is 16.2. The number of nitrogens with zero attached hydrogens (tertiary/aromatic N) is 2. The van der Waals surface area contributed by atoms with Gasteiger partial charge in [0.25, 0.3) is 0 Å². The fourth-order valence-corrected chi connectivity index (χ4v) is 0.970. The molecule has 0 atom stereocenters. The van der Waals surface area contributed by atoms with Gasteiger partial charge in [-0.3, -0.25) is 14.3 Å². The van der Waals surface area contributed by atoms with E-state index in [1.807, 2.05) is 0 Å². The Hall–Kier alpha value is -1.85. The number of carbonyl (C=O) groups is 2. The lowest BCUT2D eigenvalue weighted by Crippen LogP contribution is -2.23. The summed E-state index contributed by atoms with van der Waals surface area (Å²) in [6.07, 6.45) is 2.87. The molecule has 6 nitrogen and oxygen atoms in total. The van der Waals surface area contributed by atoms with E-state index in [1.54, 1.807) is 6.20 Å². The van der Waals surface area contributed by atoms with E-state index in [0.29, 0.717) is 5.69 Å². The van der Waals surface area contributed by atoms with Gasteiger partial charge in [-0.25, -0.2) is 0 Å². The van der Waals surface area contributed by atoms with Crippen molar-refractivity contribution in [1.82, 2.24) is 15.1 Å². The second-order valence-corrected chi connectivity index (χ2v) is 2.86. The maximum absolute atomic E-state index is 11.2. The van der Waals surface area contributed by atoms with Crippen molar-refractivity contribution >= 4 is 17.4 Å². The summed E-state index contributed by atoms with van der Waals surface area (Å²) in [6.45, 7) is 0.0740. The highest BCUT2D eigenvalue weighted by molar-refractivity contribution is 5.97. The van der Waals surface area contributed by atoms with Crippen LogP contribution in [-0.2, 0) is 16.1 Å². The van der Waals surface area contributed by atoms with Crippen LogP contribution in [0.15, 0.2) is 12.4 Å². The van der Waals surface area contributed by atoms with E-state index in [2.05, 4.69) is 10.4 Å². The maximum atomic E-state index is 11.2. The number of amides is 1. The molecule has 1 heterocycles. The minimum atomic E-state index is -0.296. The Balaban J connectivity index is 2.45. The highest BCUT2D eigenvalue weighted by Gasteiger charge is 2.08. The van der Waals surface area contributed by atoms with Crippen LogP contribution in [0.25, 0.3) is 0 Å². The van der Waals surface area contributed by atoms with Crippen molar-refractivity contribution in [1.29, 1.82) is 0 Å². The number of anilines is 1. The second-order valence-electron chi connectivity index (χ2n) is 2.86. The second kappa shape index (κ2) is 4.40. The molecule has 0 aromatic carbocycles. The number of hydrogen-bond donors (Lipinski definition) is 2. The molecule has 1 aromatic rings. The van der Waals surface area contributed by atoms with Crippen LogP contribution < -0.4 is 11.1 Å². The van der Waals surface area contributed by atoms with Gasteiger partial charge in [0, 0.05) is 13.2 Å². The van der Waals surface area contributed by atoms with Gasteiger partial charge in [-0.05, 0) is 0 Å². The summed E-state index contributed by atoms with van der Waals surface area (Å²) in [5.74, 6) is -0.498. The van der Waals surface area contributed by atoms with Crippen molar-refractivity contribution in [3.63, 3.8) is 0 Å². The number of rotatable bonds is 4. The number of hydrogen-bond acceptors (Lipinski definition) is 4. The third-order valence-corrected chi connectivity index (χ3v) is 1.63. The molecule has 0 saturated carbocycles. The molecule has 0 radical (unpaired) electrons. The molecule has 0 bridgehead atoms. The summed E-state index contributed by atoms with van der Waals surface area (Å²) >= 11 is 0. The van der Waals surface area contributed by atoms with E-state index >= 15 is 0 Å². The first-order valence-corrected chi connectivity index (χ1v) is 4.12. The van der Waals surface area contributed by atoms with E-state index in [9.17, 15) is 9.59 Å². The van der Waals surface area contributed by atoms with Crippen molar-refractivity contribution in [3.8, 4) is 0 Å². The molecule has 0 unspecified atom stereocenters. The minimum absolute atomic E-state index is 0.0740. The Morgan fingerprint density at radius 2 is 2.36 bits per heavy atom. The van der Waals surface area contributed by atoms with Crippen molar-refractivity contribution < 1.29 is 9.59 Å². The molecular weight excluding hydrogens is 184 g/mol. The van der Waals surface area contributed by atoms with E-state index in [1.165, 1.54) is 17.9 Å². The molecule has 1 rings (SSSR count). The maximum Gasteiger partial charge on any atom is 0.227 e. The number of aromatic nitrogens is 2. The molecule has 0 saturated heterocycles. The number of Topliss-reactive ketones (excluding diaryl/α,β-unsaturated/α-hetero) is 1. The van der Waals surface area contributed by atoms with Gasteiger partial charge in [0.15, 0.2) is 5.78 Å². The van der Waals surface area contributed by atoms with Crippen molar-refractivity contribution in [2.75, 3.05) is 12.8 Å². The van der Waals surface area contributed by atoms with Crippen LogP contribution in [0.3, 0.4) is 0 Å². The average molecular weight is 196 g/mol. The zero-order valence-electron chi connectivity index (χ0n) is 7.86. The predicted octanol–water partition coefficient (Wildman–Crippen LogP) is -0.829. The summed E-state index contributed by atoms with van der Waals surface area (Å²) in [5, 5.41) is 6.20. The highest BCUT2D eigenvalue weighted by Crippen LogP contribution is 1.98. The van der Waals surface area contributed by atoms with Gasteiger partial charge in [0.2, 0.25) is 5.91 Å². The van der Waals surface area contributed by atoms with Crippen LogP contribution in [0.1, 0.15) is 6.42 Å². The molecular formula is C8H12N4O2. The lowest BCUT2D eigenvalue weighted by Gasteiger charge is -1.99. The fourth-order valence-electron chi connectivity index (χ4n) is 0.970. The molecule has 14 heavy (non-hydrogen) atoms. The Kier molecular flexibility index (Phi) is 3.22. The molecule has 0 aliphatic rings. The zero-order valence-corrected chi connectivity index (χ0v) is 7.86. The smallest absolute Gasteiger partial charge is 0.227 e. The standard InChI is InChI=1S/C8H12N4O2/c1-10-8(14)2-7(13)5-12-4-6(9)3-11-12/h3-4H,2,5,9H2,1H3,(H,10,14). The summed E-state index contributed by atoms with van der Waals surface area (Å²) in [7, 11) is 1.49. The summed E-state index contributed by atoms with van der Waals surface area (Å²) in [5.41, 5.74) is 5.91. The van der Waals surface area contributed by atoms with Crippen molar-refractivity contribution in [2.45, 2.75) is 13.0 Å². The lowest BCUT2D eigenvalue weighted by atomic mass is 10.3. The fraction of sp³-hybridized carbons (Fsp3) is 0.375. The summed E-state index contributed by atoms with van der Waals surface area (Å²) in [6, 6.07) is 0. The first-order valence-electron chi connectivity index (χ1n) is 4.12. The van der Waals surface area contributed by atoms with Crippen LogP contribution >= 0.6 is 0 Å². The van der Waals surface area contributed by atoms with Crippen LogP contribution in [0.2, 0.25) is 0 Å². The first kappa shape index (κ1) is 10.2. The van der Waals surface area contributed by atoms with Crippen LogP contribution in [0, 0.1) is 0 Å². The lowest BCUT2D eigenvalue weighted by molar-refractivity contribution is -0.128. The van der Waals surface area contributed by atoms with Gasteiger partial charge >= 0.3 is 0 Å². The molecule has 0 spiro atoms. The quantitative estimate of drug-likeness (QED) is 0.615. The van der Waals surface area contributed by atoms with Crippen molar-refractivity contribution in [2.24, 2.45) is 0 Å². The first-order chi connectivity index (χ1) is 6.61. The van der Waals surface area contributed by atoms with Gasteiger partial charge in [0.05, 0.1) is 18.3 Å². The predicted molar refractivity (Wildman–Crippen MR) is 50.3 cm³/mol. The number of ketones is 1. The molecule has 76 valence electrons. The molecule has 6 heteroatoms. The van der Waals surface area contributed by atoms with Crippen LogP contribution in [0.5, 0.6) is 0 Å². The topological polar surface area (TPSA) is 90.0 Å². The van der Waals surface area contributed by atoms with Gasteiger partial charge in [-0.15, -0.1) is 0 Å². The van der Waals surface area contributed by atoms with E-state index in [-0.39, 0.29) is 24.7 Å². The SMILES string of the molecule is CNC(=O)CC(=O)Cn1cc(N)cn1. The summed E-state index contributed by atoms with van der Waals surface area (Å²) in [4.78, 5) is 22.1.